The molecule has 1 aromatic rings. The van der Waals surface area contributed by atoms with Crippen molar-refractivity contribution in [2.45, 2.75) is 57.0 Å². The van der Waals surface area contributed by atoms with Gasteiger partial charge in [-0.15, -0.1) is 5.10 Å². The number of aromatic nitrogens is 2. The maximum atomic E-state index is 5.78. The molecule has 4 aliphatic carbocycles. The van der Waals surface area contributed by atoms with Crippen LogP contribution >= 0.6 is 0 Å². The van der Waals surface area contributed by atoms with E-state index >= 15 is 0 Å². The summed E-state index contributed by atoms with van der Waals surface area (Å²) in [7, 11) is 1.90. The van der Waals surface area contributed by atoms with Crippen LogP contribution in [0.3, 0.4) is 0 Å². The Morgan fingerprint density at radius 2 is 1.70 bits per heavy atom. The Morgan fingerprint density at radius 1 is 1.10 bits per heavy atom. The summed E-state index contributed by atoms with van der Waals surface area (Å²) >= 11 is 0. The Kier molecular flexibility index (Phi) is 2.81. The SMILES string of the molecule is CNC(C)c1nnc(NC23CC4CC(CC(C4)C2)C3)o1. The lowest BCUT2D eigenvalue weighted by Gasteiger charge is -2.56. The predicted octanol–water partition coefficient (Wildman–Crippen LogP) is 2.73. The molecule has 0 aromatic carbocycles. The molecule has 5 nitrogen and oxygen atoms in total. The first-order valence-electron chi connectivity index (χ1n) is 7.95. The minimum Gasteiger partial charge on any atom is -0.406 e. The first-order chi connectivity index (χ1) is 9.66. The minimum absolute atomic E-state index is 0.106. The van der Waals surface area contributed by atoms with Gasteiger partial charge in [-0.25, -0.2) is 0 Å². The molecule has 1 atom stereocenters. The van der Waals surface area contributed by atoms with Gasteiger partial charge >= 0.3 is 6.01 Å². The Labute approximate surface area is 119 Å². The normalized spacial score (nSPS) is 40.0. The fourth-order valence-corrected chi connectivity index (χ4v) is 5.07. The monoisotopic (exact) mass is 276 g/mol. The van der Waals surface area contributed by atoms with E-state index in [9.17, 15) is 0 Å². The van der Waals surface area contributed by atoms with Gasteiger partial charge < -0.3 is 15.1 Å². The molecule has 2 N–H and O–H groups in total. The molecule has 1 heterocycles. The molecule has 5 rings (SSSR count). The largest absolute Gasteiger partial charge is 0.406 e. The molecule has 1 unspecified atom stereocenters. The number of hydrogen-bond donors (Lipinski definition) is 2. The van der Waals surface area contributed by atoms with Crippen LogP contribution in [0.25, 0.3) is 0 Å². The molecule has 0 amide bonds. The number of hydrogen-bond acceptors (Lipinski definition) is 5. The molecule has 4 aliphatic rings. The highest BCUT2D eigenvalue weighted by Gasteiger charge is 2.51. The van der Waals surface area contributed by atoms with E-state index in [1.165, 1.54) is 38.5 Å². The van der Waals surface area contributed by atoms with Crippen LogP contribution in [0.5, 0.6) is 0 Å². The molecule has 0 aliphatic heterocycles. The maximum absolute atomic E-state index is 5.78. The first-order valence-corrected chi connectivity index (χ1v) is 7.95. The van der Waals surface area contributed by atoms with Gasteiger partial charge in [-0.05, 0) is 70.3 Å². The zero-order chi connectivity index (χ0) is 13.7. The van der Waals surface area contributed by atoms with Crippen molar-refractivity contribution in [1.29, 1.82) is 0 Å². The van der Waals surface area contributed by atoms with Gasteiger partial charge in [0.05, 0.1) is 6.04 Å². The highest BCUT2D eigenvalue weighted by atomic mass is 16.4. The van der Waals surface area contributed by atoms with E-state index in [2.05, 4.69) is 20.8 Å². The summed E-state index contributed by atoms with van der Waals surface area (Å²) in [6, 6.07) is 0.721. The smallest absolute Gasteiger partial charge is 0.315 e. The van der Waals surface area contributed by atoms with E-state index in [1.54, 1.807) is 0 Å². The van der Waals surface area contributed by atoms with Crippen LogP contribution in [-0.4, -0.2) is 22.8 Å². The summed E-state index contributed by atoms with van der Waals surface area (Å²) in [6.45, 7) is 2.03. The minimum atomic E-state index is 0.106. The summed E-state index contributed by atoms with van der Waals surface area (Å²) in [5, 5.41) is 15.1. The quantitative estimate of drug-likeness (QED) is 0.885. The van der Waals surface area contributed by atoms with Crippen LogP contribution in [-0.2, 0) is 0 Å². The fraction of sp³-hybridized carbons (Fsp3) is 0.867. The van der Waals surface area contributed by atoms with Gasteiger partial charge in [-0.3, -0.25) is 0 Å². The lowest BCUT2D eigenvalue weighted by atomic mass is 9.53. The Hall–Kier alpha value is -1.10. The fourth-order valence-electron chi connectivity index (χ4n) is 5.07. The van der Waals surface area contributed by atoms with Gasteiger partial charge in [-0.1, -0.05) is 5.10 Å². The molecule has 4 bridgehead atoms. The molecule has 0 saturated heterocycles. The summed E-state index contributed by atoms with van der Waals surface area (Å²) in [4.78, 5) is 0. The van der Waals surface area contributed by atoms with Crippen LogP contribution in [0.4, 0.5) is 6.01 Å². The zero-order valence-corrected chi connectivity index (χ0v) is 12.4. The van der Waals surface area contributed by atoms with Gasteiger partial charge in [0, 0.05) is 5.54 Å². The van der Waals surface area contributed by atoms with Gasteiger partial charge in [0.15, 0.2) is 0 Å². The summed E-state index contributed by atoms with van der Waals surface area (Å²) in [5.74, 6) is 3.44. The molecular weight excluding hydrogens is 252 g/mol. The second-order valence-corrected chi connectivity index (χ2v) is 7.28. The molecule has 20 heavy (non-hydrogen) atoms. The van der Waals surface area contributed by atoms with Crippen molar-refractivity contribution in [3.8, 4) is 0 Å². The highest BCUT2D eigenvalue weighted by Crippen LogP contribution is 2.56. The van der Waals surface area contributed by atoms with Crippen molar-refractivity contribution in [2.24, 2.45) is 17.8 Å². The van der Waals surface area contributed by atoms with Crippen molar-refractivity contribution in [3.63, 3.8) is 0 Å². The third-order valence-corrected chi connectivity index (χ3v) is 5.65. The number of rotatable bonds is 4. The van der Waals surface area contributed by atoms with Gasteiger partial charge in [0.2, 0.25) is 5.89 Å². The van der Waals surface area contributed by atoms with E-state index in [1.807, 2.05) is 14.0 Å². The number of anilines is 1. The average Bonchev–Trinajstić information content (AvgIpc) is 2.83. The molecule has 5 heteroatoms. The molecule has 0 radical (unpaired) electrons. The second-order valence-electron chi connectivity index (χ2n) is 7.28. The standard InChI is InChI=1S/C15H24N4O/c1-9(16-2)13-18-19-14(20-13)17-15-6-10-3-11(7-15)5-12(4-10)8-15/h9-12,16H,3-8H2,1-2H3,(H,17,19). The van der Waals surface area contributed by atoms with Crippen molar-refractivity contribution in [3.05, 3.63) is 5.89 Å². The number of nitrogens with zero attached hydrogens (tertiary/aromatic N) is 2. The van der Waals surface area contributed by atoms with Crippen LogP contribution in [0, 0.1) is 17.8 Å². The Balaban J connectivity index is 1.52. The third-order valence-electron chi connectivity index (χ3n) is 5.65. The molecular formula is C15H24N4O. The molecule has 0 spiro atoms. The second kappa shape index (κ2) is 4.45. The summed E-state index contributed by atoms with van der Waals surface area (Å²) in [6.07, 6.45) is 8.22. The van der Waals surface area contributed by atoms with Crippen molar-refractivity contribution < 1.29 is 4.42 Å². The first kappa shape index (κ1) is 12.6. The zero-order valence-electron chi connectivity index (χ0n) is 12.4. The Bertz CT molecular complexity index is 463. The van der Waals surface area contributed by atoms with Crippen LogP contribution in [0.15, 0.2) is 4.42 Å². The number of nitrogens with one attached hydrogen (secondary N) is 2. The van der Waals surface area contributed by atoms with E-state index < -0.39 is 0 Å². The molecule has 110 valence electrons. The predicted molar refractivity (Wildman–Crippen MR) is 76.3 cm³/mol. The van der Waals surface area contributed by atoms with Crippen molar-refractivity contribution >= 4 is 6.01 Å². The van der Waals surface area contributed by atoms with E-state index in [4.69, 9.17) is 4.42 Å². The van der Waals surface area contributed by atoms with E-state index in [0.29, 0.717) is 11.9 Å². The van der Waals surface area contributed by atoms with Crippen LogP contribution in [0.2, 0.25) is 0 Å². The topological polar surface area (TPSA) is 63.0 Å². The summed E-state index contributed by atoms with van der Waals surface area (Å²) in [5.41, 5.74) is 0.238. The van der Waals surface area contributed by atoms with Gasteiger partial charge in [0.25, 0.3) is 0 Å². The van der Waals surface area contributed by atoms with Crippen molar-refractivity contribution in [1.82, 2.24) is 15.5 Å². The lowest BCUT2D eigenvalue weighted by molar-refractivity contribution is 0.00957. The summed E-state index contributed by atoms with van der Waals surface area (Å²) < 4.78 is 5.78. The van der Waals surface area contributed by atoms with Crippen LogP contribution < -0.4 is 10.6 Å². The molecule has 4 fully saturated rings. The third kappa shape index (κ3) is 2.03. The highest BCUT2D eigenvalue weighted by molar-refractivity contribution is 5.28. The van der Waals surface area contributed by atoms with E-state index in [0.717, 1.165) is 17.8 Å². The molecule has 1 aromatic heterocycles. The Morgan fingerprint density at radius 3 is 2.25 bits per heavy atom. The lowest BCUT2D eigenvalue weighted by Crippen LogP contribution is -2.54. The average molecular weight is 276 g/mol. The maximum Gasteiger partial charge on any atom is 0.315 e. The molecule has 4 saturated carbocycles. The van der Waals surface area contributed by atoms with E-state index in [-0.39, 0.29) is 11.6 Å². The van der Waals surface area contributed by atoms with Crippen molar-refractivity contribution in [2.75, 3.05) is 12.4 Å². The van der Waals surface area contributed by atoms with Gasteiger partial charge in [0.1, 0.15) is 0 Å². The van der Waals surface area contributed by atoms with Gasteiger partial charge in [-0.2, -0.15) is 0 Å². The van der Waals surface area contributed by atoms with Crippen LogP contribution in [0.1, 0.15) is 57.4 Å².